The maximum atomic E-state index is 13.1. The highest BCUT2D eigenvalue weighted by Crippen LogP contribution is 2.40. The number of benzene rings is 2. The van der Waals surface area contributed by atoms with E-state index < -0.39 is 11.6 Å². The highest BCUT2D eigenvalue weighted by atomic mass is 19.2. The Hall–Kier alpha value is -1.74. The first-order valence-corrected chi connectivity index (χ1v) is 6.46. The third-order valence-corrected chi connectivity index (χ3v) is 3.57. The van der Waals surface area contributed by atoms with Crippen molar-refractivity contribution in [2.45, 2.75) is 24.9 Å². The monoisotopic (exact) mass is 259 g/mol. The minimum Gasteiger partial charge on any atom is -0.309 e. The van der Waals surface area contributed by atoms with E-state index >= 15 is 0 Å². The molecule has 3 rings (SSSR count). The summed E-state index contributed by atoms with van der Waals surface area (Å²) in [4.78, 5) is 0. The molecule has 1 aliphatic rings. The summed E-state index contributed by atoms with van der Waals surface area (Å²) in [6.07, 6.45) is 1.10. The number of hydrogen-bond donors (Lipinski definition) is 1. The lowest BCUT2D eigenvalue weighted by Gasteiger charge is -2.05. The predicted molar refractivity (Wildman–Crippen MR) is 70.8 cm³/mol. The topological polar surface area (TPSA) is 12.0 Å². The molecule has 3 heteroatoms. The van der Waals surface area contributed by atoms with Crippen LogP contribution in [0.3, 0.4) is 0 Å². The fourth-order valence-electron chi connectivity index (χ4n) is 2.39. The number of hydrogen-bond acceptors (Lipinski definition) is 1. The van der Waals surface area contributed by atoms with Gasteiger partial charge in [-0.15, -0.1) is 0 Å². The summed E-state index contributed by atoms with van der Waals surface area (Å²) in [6, 6.07) is 14.8. The molecule has 2 atom stereocenters. The molecule has 2 aromatic carbocycles. The van der Waals surface area contributed by atoms with Crippen molar-refractivity contribution in [2.24, 2.45) is 0 Å². The minimum atomic E-state index is -0.794. The second-order valence-electron chi connectivity index (χ2n) is 4.99. The van der Waals surface area contributed by atoms with Crippen molar-refractivity contribution in [3.05, 3.63) is 71.3 Å². The molecule has 1 N–H and O–H groups in total. The molecule has 0 amide bonds. The molecule has 0 spiro atoms. The number of rotatable bonds is 4. The van der Waals surface area contributed by atoms with Crippen molar-refractivity contribution in [3.8, 4) is 0 Å². The molecular weight excluding hydrogens is 244 g/mol. The van der Waals surface area contributed by atoms with Gasteiger partial charge in [0, 0.05) is 18.5 Å². The van der Waals surface area contributed by atoms with Gasteiger partial charge in [-0.3, -0.25) is 0 Å². The molecule has 0 saturated heterocycles. The van der Waals surface area contributed by atoms with Gasteiger partial charge in [-0.25, -0.2) is 8.78 Å². The molecule has 0 unspecified atom stereocenters. The Morgan fingerprint density at radius 3 is 2.53 bits per heavy atom. The average Bonchev–Trinajstić information content (AvgIpc) is 3.21. The van der Waals surface area contributed by atoms with E-state index in [9.17, 15) is 8.78 Å². The normalized spacial score (nSPS) is 21.4. The Kier molecular flexibility index (Phi) is 3.30. The highest BCUT2D eigenvalue weighted by Gasteiger charge is 2.37. The smallest absolute Gasteiger partial charge is 0.159 e. The molecule has 1 fully saturated rings. The van der Waals surface area contributed by atoms with Crippen LogP contribution in [-0.2, 0) is 6.54 Å². The first-order chi connectivity index (χ1) is 9.24. The van der Waals surface area contributed by atoms with Crippen molar-refractivity contribution in [3.63, 3.8) is 0 Å². The van der Waals surface area contributed by atoms with E-state index in [4.69, 9.17) is 0 Å². The van der Waals surface area contributed by atoms with E-state index in [2.05, 4.69) is 17.4 Å². The zero-order valence-electron chi connectivity index (χ0n) is 10.4. The van der Waals surface area contributed by atoms with Gasteiger partial charge >= 0.3 is 0 Å². The van der Waals surface area contributed by atoms with Crippen LogP contribution in [0.5, 0.6) is 0 Å². The van der Waals surface area contributed by atoms with Crippen molar-refractivity contribution in [1.29, 1.82) is 0 Å². The van der Waals surface area contributed by atoms with Gasteiger partial charge in [-0.1, -0.05) is 36.4 Å². The largest absolute Gasteiger partial charge is 0.309 e. The molecule has 0 aliphatic heterocycles. The van der Waals surface area contributed by atoms with Gasteiger partial charge in [-0.2, -0.15) is 0 Å². The highest BCUT2D eigenvalue weighted by molar-refractivity contribution is 5.28. The van der Waals surface area contributed by atoms with Crippen LogP contribution < -0.4 is 5.32 Å². The standard InChI is InChI=1S/C16H15F2N/c17-14-7-6-11(8-15(14)18)10-19-16-9-13(16)12-4-2-1-3-5-12/h1-8,13,16,19H,9-10H2/t13-,16+/m1/s1. The van der Waals surface area contributed by atoms with Crippen molar-refractivity contribution >= 4 is 0 Å². The summed E-state index contributed by atoms with van der Waals surface area (Å²) >= 11 is 0. The summed E-state index contributed by atoms with van der Waals surface area (Å²) in [5.41, 5.74) is 2.11. The molecule has 0 radical (unpaired) electrons. The molecule has 0 aromatic heterocycles. The van der Waals surface area contributed by atoms with Crippen LogP contribution in [0.25, 0.3) is 0 Å². The van der Waals surface area contributed by atoms with E-state index in [0.717, 1.165) is 12.0 Å². The lowest BCUT2D eigenvalue weighted by atomic mass is 10.1. The second-order valence-corrected chi connectivity index (χ2v) is 4.99. The Labute approximate surface area is 111 Å². The summed E-state index contributed by atoms with van der Waals surface area (Å²) in [7, 11) is 0. The number of nitrogens with one attached hydrogen (secondary N) is 1. The van der Waals surface area contributed by atoms with Gasteiger partial charge in [0.25, 0.3) is 0 Å². The van der Waals surface area contributed by atoms with Gasteiger partial charge < -0.3 is 5.32 Å². The Balaban J connectivity index is 1.56. The van der Waals surface area contributed by atoms with Gasteiger partial charge in [0.2, 0.25) is 0 Å². The lowest BCUT2D eigenvalue weighted by Crippen LogP contribution is -2.17. The lowest BCUT2D eigenvalue weighted by molar-refractivity contribution is 0.506. The van der Waals surface area contributed by atoms with E-state index in [1.165, 1.54) is 17.7 Å². The van der Waals surface area contributed by atoms with Crippen molar-refractivity contribution in [1.82, 2.24) is 5.32 Å². The summed E-state index contributed by atoms with van der Waals surface area (Å²) in [5.74, 6) is -1.03. The summed E-state index contributed by atoms with van der Waals surface area (Å²) in [5, 5.41) is 3.38. The Morgan fingerprint density at radius 2 is 1.79 bits per heavy atom. The summed E-state index contributed by atoms with van der Waals surface area (Å²) < 4.78 is 25.9. The van der Waals surface area contributed by atoms with E-state index in [1.807, 2.05) is 18.2 Å². The minimum absolute atomic E-state index is 0.440. The zero-order valence-corrected chi connectivity index (χ0v) is 10.4. The van der Waals surface area contributed by atoms with E-state index in [-0.39, 0.29) is 0 Å². The molecular formula is C16H15F2N. The van der Waals surface area contributed by atoms with Crippen LogP contribution in [0, 0.1) is 11.6 Å². The summed E-state index contributed by atoms with van der Waals surface area (Å²) in [6.45, 7) is 0.575. The average molecular weight is 259 g/mol. The van der Waals surface area contributed by atoms with Crippen LogP contribution in [-0.4, -0.2) is 6.04 Å². The van der Waals surface area contributed by atoms with Crippen LogP contribution in [0.1, 0.15) is 23.5 Å². The predicted octanol–water partition coefficient (Wildman–Crippen LogP) is 3.61. The fourth-order valence-corrected chi connectivity index (χ4v) is 2.39. The van der Waals surface area contributed by atoms with E-state index in [0.29, 0.717) is 18.5 Å². The number of halogens is 2. The zero-order chi connectivity index (χ0) is 13.2. The van der Waals surface area contributed by atoms with Gasteiger partial charge in [0.1, 0.15) is 0 Å². The van der Waals surface area contributed by atoms with Crippen molar-refractivity contribution in [2.75, 3.05) is 0 Å². The maximum Gasteiger partial charge on any atom is 0.159 e. The van der Waals surface area contributed by atoms with Gasteiger partial charge in [0.05, 0.1) is 0 Å². The molecule has 1 nitrogen and oxygen atoms in total. The Bertz CT molecular complexity index is 568. The molecule has 2 aromatic rings. The third kappa shape index (κ3) is 2.82. The molecule has 19 heavy (non-hydrogen) atoms. The quantitative estimate of drug-likeness (QED) is 0.884. The molecule has 1 aliphatic carbocycles. The third-order valence-electron chi connectivity index (χ3n) is 3.57. The van der Waals surface area contributed by atoms with Gasteiger partial charge in [0.15, 0.2) is 11.6 Å². The fraction of sp³-hybridized carbons (Fsp3) is 0.250. The second kappa shape index (κ2) is 5.10. The Morgan fingerprint density at radius 1 is 1.00 bits per heavy atom. The first kappa shape index (κ1) is 12.3. The van der Waals surface area contributed by atoms with Crippen LogP contribution in [0.2, 0.25) is 0 Å². The molecule has 98 valence electrons. The van der Waals surface area contributed by atoms with E-state index in [1.54, 1.807) is 6.07 Å². The first-order valence-electron chi connectivity index (χ1n) is 6.46. The molecule has 0 bridgehead atoms. The van der Waals surface area contributed by atoms with Gasteiger partial charge in [-0.05, 0) is 29.7 Å². The van der Waals surface area contributed by atoms with Crippen LogP contribution >= 0.6 is 0 Å². The molecule has 1 saturated carbocycles. The van der Waals surface area contributed by atoms with Crippen LogP contribution in [0.4, 0.5) is 8.78 Å². The van der Waals surface area contributed by atoms with Crippen LogP contribution in [0.15, 0.2) is 48.5 Å². The SMILES string of the molecule is Fc1ccc(CN[C@H]2C[C@@H]2c2ccccc2)cc1F. The van der Waals surface area contributed by atoms with Crippen molar-refractivity contribution < 1.29 is 8.78 Å². The molecule has 0 heterocycles. The maximum absolute atomic E-state index is 13.1.